The number of hydrogen-bond donors (Lipinski definition) is 3. The molecule has 1 aromatic carbocycles. The number of rotatable bonds is 6. The highest BCUT2D eigenvalue weighted by Crippen LogP contribution is 2.47. The Hall–Kier alpha value is -1.59. The first-order chi connectivity index (χ1) is 11.6. The fourth-order valence-electron chi connectivity index (χ4n) is 4.19. The molecule has 4 atom stereocenters. The smallest absolute Gasteiger partial charge is 0.225 e. The molecule has 5 nitrogen and oxygen atoms in total. The van der Waals surface area contributed by atoms with Crippen molar-refractivity contribution in [2.24, 2.45) is 23.5 Å². The molecule has 25 heavy (non-hydrogen) atoms. The van der Waals surface area contributed by atoms with Gasteiger partial charge in [-0.3, -0.25) is 9.59 Å². The van der Waals surface area contributed by atoms with Gasteiger partial charge in [0, 0.05) is 24.7 Å². The minimum atomic E-state index is -0.0173. The van der Waals surface area contributed by atoms with Gasteiger partial charge >= 0.3 is 0 Å². The molecule has 2 aliphatic carbocycles. The largest absolute Gasteiger partial charge is 0.352 e. The highest BCUT2D eigenvalue weighted by Gasteiger charge is 2.48. The van der Waals surface area contributed by atoms with Crippen molar-refractivity contribution in [1.29, 1.82) is 0 Å². The van der Waals surface area contributed by atoms with E-state index in [0.717, 1.165) is 30.5 Å². The summed E-state index contributed by atoms with van der Waals surface area (Å²) in [6, 6.07) is 7.64. The molecule has 0 aromatic heterocycles. The zero-order chi connectivity index (χ0) is 17.1. The number of halogens is 1. The molecule has 2 saturated carbocycles. The normalized spacial score (nSPS) is 26.8. The van der Waals surface area contributed by atoms with Crippen molar-refractivity contribution < 1.29 is 9.59 Å². The van der Waals surface area contributed by atoms with E-state index in [1.807, 2.05) is 31.2 Å². The molecule has 0 heterocycles. The third kappa shape index (κ3) is 4.53. The maximum Gasteiger partial charge on any atom is 0.225 e. The monoisotopic (exact) mass is 365 g/mol. The molecule has 1 aromatic rings. The minimum absolute atomic E-state index is 0. The average Bonchev–Trinajstić information content (AvgIpc) is 3.15. The van der Waals surface area contributed by atoms with Crippen LogP contribution in [-0.4, -0.2) is 17.9 Å². The van der Waals surface area contributed by atoms with E-state index < -0.39 is 0 Å². The number of anilines is 1. The summed E-state index contributed by atoms with van der Waals surface area (Å²) in [4.78, 5) is 24.0. The fourth-order valence-corrected chi connectivity index (χ4v) is 4.19. The van der Waals surface area contributed by atoms with Gasteiger partial charge in [-0.15, -0.1) is 12.4 Å². The number of nitrogens with one attached hydrogen (secondary N) is 2. The lowest BCUT2D eigenvalue weighted by Crippen LogP contribution is -2.45. The number of nitrogens with two attached hydrogens (primary N) is 1. The number of benzene rings is 1. The second-order valence-electron chi connectivity index (χ2n) is 7.15. The van der Waals surface area contributed by atoms with Crippen molar-refractivity contribution in [3.63, 3.8) is 0 Å². The number of amides is 2. The van der Waals surface area contributed by atoms with Gasteiger partial charge < -0.3 is 16.4 Å². The van der Waals surface area contributed by atoms with Crippen LogP contribution in [0.4, 0.5) is 5.69 Å². The van der Waals surface area contributed by atoms with Crippen LogP contribution in [0, 0.1) is 17.8 Å². The van der Waals surface area contributed by atoms with Crippen LogP contribution in [0.25, 0.3) is 0 Å². The summed E-state index contributed by atoms with van der Waals surface area (Å²) in [7, 11) is 0. The van der Waals surface area contributed by atoms with Crippen molar-refractivity contribution in [2.75, 3.05) is 5.32 Å². The van der Waals surface area contributed by atoms with Gasteiger partial charge in [0.2, 0.25) is 11.8 Å². The van der Waals surface area contributed by atoms with E-state index in [2.05, 4.69) is 10.6 Å². The zero-order valence-electron chi connectivity index (χ0n) is 14.7. The maximum atomic E-state index is 12.5. The van der Waals surface area contributed by atoms with Crippen molar-refractivity contribution >= 4 is 29.9 Å². The summed E-state index contributed by atoms with van der Waals surface area (Å²) in [6.07, 6.45) is 4.80. The lowest BCUT2D eigenvalue weighted by Gasteiger charge is -2.27. The summed E-state index contributed by atoms with van der Waals surface area (Å²) >= 11 is 0. The Kier molecular flexibility index (Phi) is 6.85. The van der Waals surface area contributed by atoms with E-state index in [0.29, 0.717) is 24.8 Å². The Balaban J connectivity index is 0.00000225. The summed E-state index contributed by atoms with van der Waals surface area (Å²) < 4.78 is 0. The number of carbonyl (C=O) groups is 2. The SMILES string of the molecule is CCCC(=O)Nc1ccc(CNC(=O)C2C3CCC(C3)C2N)cc1.Cl. The quantitative estimate of drug-likeness (QED) is 0.724. The standard InChI is InChI=1S/C19H27N3O2.ClH/c1-2-3-16(23)22-15-8-4-12(5-9-15)11-21-19(24)17-13-6-7-14(10-13)18(17)20;/h4-5,8-9,13-14,17-18H,2-3,6-7,10-11,20H2,1H3,(H,21,24)(H,22,23);1H. The molecule has 2 aliphatic rings. The van der Waals surface area contributed by atoms with E-state index >= 15 is 0 Å². The van der Waals surface area contributed by atoms with Gasteiger partial charge in [-0.25, -0.2) is 0 Å². The lowest BCUT2D eigenvalue weighted by molar-refractivity contribution is -0.127. The Morgan fingerprint density at radius 3 is 2.44 bits per heavy atom. The molecule has 6 heteroatoms. The van der Waals surface area contributed by atoms with E-state index in [1.54, 1.807) is 0 Å². The molecule has 0 saturated heterocycles. The van der Waals surface area contributed by atoms with E-state index in [-0.39, 0.29) is 36.2 Å². The first kappa shape index (κ1) is 19.7. The zero-order valence-corrected chi connectivity index (χ0v) is 15.5. The van der Waals surface area contributed by atoms with Crippen molar-refractivity contribution in [3.05, 3.63) is 29.8 Å². The molecule has 2 fully saturated rings. The molecule has 2 bridgehead atoms. The van der Waals surface area contributed by atoms with Crippen LogP contribution >= 0.6 is 12.4 Å². The molecule has 3 rings (SSSR count). The third-order valence-electron chi connectivity index (χ3n) is 5.46. The molecule has 0 aliphatic heterocycles. The Bertz CT molecular complexity index is 603. The summed E-state index contributed by atoms with van der Waals surface area (Å²) in [5.41, 5.74) is 8.04. The van der Waals surface area contributed by atoms with Crippen molar-refractivity contribution in [3.8, 4) is 0 Å². The number of hydrogen-bond acceptors (Lipinski definition) is 3. The van der Waals surface area contributed by atoms with Gasteiger partial charge in [0.15, 0.2) is 0 Å². The molecule has 138 valence electrons. The van der Waals surface area contributed by atoms with Crippen LogP contribution in [0.1, 0.15) is 44.6 Å². The van der Waals surface area contributed by atoms with E-state index in [9.17, 15) is 9.59 Å². The van der Waals surface area contributed by atoms with Gasteiger partial charge in [-0.1, -0.05) is 19.1 Å². The third-order valence-corrected chi connectivity index (χ3v) is 5.46. The van der Waals surface area contributed by atoms with Gasteiger partial charge in [0.25, 0.3) is 0 Å². The van der Waals surface area contributed by atoms with Crippen molar-refractivity contribution in [2.45, 2.75) is 51.6 Å². The van der Waals surface area contributed by atoms with Crippen LogP contribution < -0.4 is 16.4 Å². The molecular weight excluding hydrogens is 338 g/mol. The van der Waals surface area contributed by atoms with Gasteiger partial charge in [0.1, 0.15) is 0 Å². The van der Waals surface area contributed by atoms with Crippen LogP contribution in [-0.2, 0) is 16.1 Å². The van der Waals surface area contributed by atoms with Crippen LogP contribution in [0.15, 0.2) is 24.3 Å². The molecule has 0 radical (unpaired) electrons. The number of carbonyl (C=O) groups excluding carboxylic acids is 2. The first-order valence-electron chi connectivity index (χ1n) is 9.00. The van der Waals surface area contributed by atoms with Crippen LogP contribution in [0.5, 0.6) is 0 Å². The molecular formula is C19H28ClN3O2. The second-order valence-corrected chi connectivity index (χ2v) is 7.15. The summed E-state index contributed by atoms with van der Waals surface area (Å²) in [5.74, 6) is 1.12. The molecule has 4 N–H and O–H groups in total. The van der Waals surface area contributed by atoms with Crippen LogP contribution in [0.2, 0.25) is 0 Å². The Morgan fingerprint density at radius 2 is 1.84 bits per heavy atom. The van der Waals surface area contributed by atoms with E-state index in [4.69, 9.17) is 5.73 Å². The van der Waals surface area contributed by atoms with Gasteiger partial charge in [0.05, 0.1) is 5.92 Å². The highest BCUT2D eigenvalue weighted by molar-refractivity contribution is 5.90. The molecule has 0 spiro atoms. The second kappa shape index (κ2) is 8.68. The Morgan fingerprint density at radius 1 is 1.16 bits per heavy atom. The lowest BCUT2D eigenvalue weighted by atomic mass is 9.84. The minimum Gasteiger partial charge on any atom is -0.352 e. The maximum absolute atomic E-state index is 12.5. The molecule has 2 amide bonds. The first-order valence-corrected chi connectivity index (χ1v) is 9.00. The van der Waals surface area contributed by atoms with E-state index in [1.165, 1.54) is 6.42 Å². The average molecular weight is 366 g/mol. The molecule has 4 unspecified atom stereocenters. The predicted octanol–water partition coefficient (Wildman–Crippen LogP) is 2.84. The van der Waals surface area contributed by atoms with Crippen molar-refractivity contribution in [1.82, 2.24) is 5.32 Å². The van der Waals surface area contributed by atoms with Gasteiger partial charge in [-0.05, 0) is 55.2 Å². The Labute approximate surface area is 155 Å². The topological polar surface area (TPSA) is 84.2 Å². The van der Waals surface area contributed by atoms with Crippen LogP contribution in [0.3, 0.4) is 0 Å². The number of fused-ring (bicyclic) bond motifs is 2. The summed E-state index contributed by atoms with van der Waals surface area (Å²) in [5, 5.41) is 5.89. The highest BCUT2D eigenvalue weighted by atomic mass is 35.5. The summed E-state index contributed by atoms with van der Waals surface area (Å²) in [6.45, 7) is 2.48. The fraction of sp³-hybridized carbons (Fsp3) is 0.579. The predicted molar refractivity (Wildman–Crippen MR) is 101 cm³/mol. The van der Waals surface area contributed by atoms with Gasteiger partial charge in [-0.2, -0.15) is 0 Å².